The Morgan fingerprint density at radius 2 is 0.423 bits per heavy atom. The van der Waals surface area contributed by atoms with Crippen molar-refractivity contribution >= 4 is 46.4 Å². The molecule has 78 heavy (non-hydrogen) atoms. The lowest BCUT2D eigenvalue weighted by molar-refractivity contribution is -0.122. The molecule has 0 unspecified atom stereocenters. The summed E-state index contributed by atoms with van der Waals surface area (Å²) >= 11 is 0. The summed E-state index contributed by atoms with van der Waals surface area (Å²) in [6.45, 7) is 14.1. The minimum atomic E-state index is 0.127. The molecule has 0 heterocycles. The maximum atomic E-state index is 13.2. The number of quaternary nitrogens is 4. The third-order valence-corrected chi connectivity index (χ3v) is 16.7. The Labute approximate surface area is 482 Å². The Morgan fingerprint density at radius 3 is 0.590 bits per heavy atom. The lowest BCUT2D eigenvalue weighted by Gasteiger charge is -2.40. The highest BCUT2D eigenvalue weighted by Crippen LogP contribution is 2.46. The van der Waals surface area contributed by atoms with Gasteiger partial charge in [-0.1, -0.05) is 207 Å². The SMILES string of the molecule is CCCCCCCCCCC(=O)NCC[N+](C)(C)c1cc([N+](C)(C)CCNC(=O)CCCCCCCCCC)c([N+](C)(C)CCNC(=O)CCCCCCCCCC)cc1[N+](C)(C)CCNC(=O)CCCCCCCCCC. The predicted molar refractivity (Wildman–Crippen MR) is 341 cm³/mol. The number of hydrogen-bond donors (Lipinski definition) is 4. The van der Waals surface area contributed by atoms with E-state index in [0.29, 0.717) is 96.0 Å². The summed E-state index contributed by atoms with van der Waals surface area (Å²) in [5.74, 6) is 0.508. The van der Waals surface area contributed by atoms with Crippen LogP contribution in [-0.4, -0.2) is 132 Å². The quantitative estimate of drug-likeness (QED) is 0.0384. The second kappa shape index (κ2) is 43.6. The third kappa shape index (κ3) is 34.3. The van der Waals surface area contributed by atoms with E-state index in [0.717, 1.165) is 51.4 Å². The fraction of sp³-hybridized carbons (Fsp3) is 0.848. The molecular weight excluding hydrogens is 969 g/mol. The maximum absolute atomic E-state index is 13.2. The van der Waals surface area contributed by atoms with Crippen molar-refractivity contribution in [3.8, 4) is 0 Å². The Balaban J connectivity index is 3.52. The lowest BCUT2D eigenvalue weighted by atomic mass is 10.1. The number of nitrogens with one attached hydrogen (secondary N) is 4. The van der Waals surface area contributed by atoms with Crippen molar-refractivity contribution < 1.29 is 19.2 Å². The van der Waals surface area contributed by atoms with Crippen LogP contribution in [0.15, 0.2) is 12.1 Å². The van der Waals surface area contributed by atoms with E-state index >= 15 is 0 Å². The van der Waals surface area contributed by atoms with E-state index in [4.69, 9.17) is 0 Å². The minimum Gasteiger partial charge on any atom is -0.350 e. The van der Waals surface area contributed by atoms with Gasteiger partial charge in [0.05, 0.1) is 94.7 Å². The molecule has 0 fully saturated rings. The first-order chi connectivity index (χ1) is 37.3. The number of rotatable bonds is 52. The monoisotopic (exact) mass is 1100 g/mol. The minimum absolute atomic E-state index is 0.127. The Hall–Kier alpha value is -3.06. The lowest BCUT2D eigenvalue weighted by Crippen LogP contribution is -2.53. The molecule has 0 aromatic heterocycles. The van der Waals surface area contributed by atoms with Gasteiger partial charge in [0.25, 0.3) is 0 Å². The first-order valence-corrected chi connectivity index (χ1v) is 32.9. The van der Waals surface area contributed by atoms with Gasteiger partial charge in [-0.15, -0.1) is 0 Å². The van der Waals surface area contributed by atoms with Crippen LogP contribution in [0.5, 0.6) is 0 Å². The molecule has 1 rings (SSSR count). The number of carbonyl (C=O) groups is 4. The molecular formula is C66H130N8O4+4. The van der Waals surface area contributed by atoms with Gasteiger partial charge in [-0.25, -0.2) is 0 Å². The van der Waals surface area contributed by atoms with Gasteiger partial charge < -0.3 is 21.3 Å². The molecule has 1 aromatic rings. The Bertz CT molecular complexity index is 1490. The normalized spacial score (nSPS) is 12.3. The average molecular weight is 1100 g/mol. The van der Waals surface area contributed by atoms with Crippen LogP contribution in [0, 0.1) is 0 Å². The van der Waals surface area contributed by atoms with E-state index < -0.39 is 0 Å². The molecule has 1 aromatic carbocycles. The van der Waals surface area contributed by atoms with Crippen LogP contribution in [-0.2, 0) is 19.2 Å². The van der Waals surface area contributed by atoms with Crippen LogP contribution in [0.3, 0.4) is 0 Å². The van der Waals surface area contributed by atoms with Crippen molar-refractivity contribution in [1.29, 1.82) is 0 Å². The second-order valence-electron chi connectivity index (χ2n) is 25.8. The van der Waals surface area contributed by atoms with Crippen molar-refractivity contribution in [2.45, 2.75) is 259 Å². The van der Waals surface area contributed by atoms with Gasteiger partial charge in [0.1, 0.15) is 26.2 Å². The molecule has 12 nitrogen and oxygen atoms in total. The van der Waals surface area contributed by atoms with Crippen molar-refractivity contribution in [3.63, 3.8) is 0 Å². The zero-order chi connectivity index (χ0) is 58.0. The zero-order valence-corrected chi connectivity index (χ0v) is 53.7. The Morgan fingerprint density at radius 1 is 0.269 bits per heavy atom. The van der Waals surface area contributed by atoms with Gasteiger partial charge >= 0.3 is 0 Å². The first kappa shape index (κ1) is 73.0. The smallest absolute Gasteiger partial charge is 0.220 e. The van der Waals surface area contributed by atoms with Crippen LogP contribution in [0.4, 0.5) is 22.7 Å². The van der Waals surface area contributed by atoms with Crippen LogP contribution in [0.1, 0.15) is 259 Å². The molecule has 4 N–H and O–H groups in total. The van der Waals surface area contributed by atoms with Crippen molar-refractivity contribution in [2.24, 2.45) is 0 Å². The zero-order valence-electron chi connectivity index (χ0n) is 53.7. The molecule has 0 saturated carbocycles. The average Bonchev–Trinajstić information content (AvgIpc) is 3.38. The Kier molecular flexibility index (Phi) is 40.8. The topological polar surface area (TPSA) is 116 Å². The van der Waals surface area contributed by atoms with Gasteiger partial charge in [0.2, 0.25) is 23.6 Å². The van der Waals surface area contributed by atoms with E-state index in [1.807, 2.05) is 0 Å². The molecule has 0 atom stereocenters. The van der Waals surface area contributed by atoms with Gasteiger partial charge in [0.15, 0.2) is 22.7 Å². The summed E-state index contributed by atoms with van der Waals surface area (Å²) in [5.41, 5.74) is 4.68. The van der Waals surface area contributed by atoms with Crippen molar-refractivity contribution in [1.82, 2.24) is 39.2 Å². The maximum Gasteiger partial charge on any atom is 0.220 e. The standard InChI is InChI=1S/C66H126N8O4/c1-13-17-21-25-29-33-37-41-45-63(75)67-49-53-71(5,6)59-57-61(73(9,10)55-51-69-65(77)47-43-39-35-31-27-23-19-15-3)62(74(11,12)56-52-70-66(78)48-44-40-36-32-28-24-20-16-4)58-60(59)72(7,8)54-50-68-64(76)46-42-38-34-30-26-22-18-14-2/h57-58H,13-56H2,1-12H3/p+4. The van der Waals surface area contributed by atoms with Crippen molar-refractivity contribution in [3.05, 3.63) is 12.1 Å². The van der Waals surface area contributed by atoms with E-state index in [9.17, 15) is 19.2 Å². The van der Waals surface area contributed by atoms with Gasteiger partial charge in [-0.05, 0) is 25.7 Å². The van der Waals surface area contributed by atoms with E-state index in [-0.39, 0.29) is 23.6 Å². The predicted octanol–water partition coefficient (Wildman–Crippen LogP) is 14.5. The molecule has 0 saturated heterocycles. The number of amides is 4. The number of carbonyl (C=O) groups excluding carboxylic acids is 4. The van der Waals surface area contributed by atoms with Gasteiger partial charge in [0, 0.05) is 25.7 Å². The highest BCUT2D eigenvalue weighted by atomic mass is 16.2. The number of hydrogen-bond acceptors (Lipinski definition) is 4. The summed E-state index contributed by atoms with van der Waals surface area (Å²) in [4.78, 5) is 52.9. The number of nitrogens with zero attached hydrogens (tertiary/aromatic N) is 4. The summed E-state index contributed by atoms with van der Waals surface area (Å²) in [6, 6.07) is 4.83. The van der Waals surface area contributed by atoms with Gasteiger partial charge in [-0.3, -0.25) is 37.1 Å². The first-order valence-electron chi connectivity index (χ1n) is 32.9. The van der Waals surface area contributed by atoms with Crippen LogP contribution >= 0.6 is 0 Å². The number of benzene rings is 1. The van der Waals surface area contributed by atoms with Crippen LogP contribution in [0.25, 0.3) is 0 Å². The van der Waals surface area contributed by atoms with Crippen LogP contribution < -0.4 is 39.2 Å². The van der Waals surface area contributed by atoms with Crippen LogP contribution in [0.2, 0.25) is 0 Å². The highest BCUT2D eigenvalue weighted by Gasteiger charge is 2.42. The third-order valence-electron chi connectivity index (χ3n) is 16.7. The molecule has 0 aliphatic heterocycles. The largest absolute Gasteiger partial charge is 0.350 e. The van der Waals surface area contributed by atoms with Gasteiger partial charge in [-0.2, -0.15) is 0 Å². The van der Waals surface area contributed by atoms with Crippen molar-refractivity contribution in [2.75, 3.05) is 109 Å². The molecule has 0 aliphatic carbocycles. The summed E-state index contributed by atoms with van der Waals surface area (Å²) in [6.07, 6.45) is 40.9. The van der Waals surface area contributed by atoms with E-state index in [2.05, 4.69) is 117 Å². The molecule has 4 amide bonds. The summed E-state index contributed by atoms with van der Waals surface area (Å²) in [7, 11) is 18.0. The summed E-state index contributed by atoms with van der Waals surface area (Å²) in [5, 5.41) is 13.2. The fourth-order valence-electron chi connectivity index (χ4n) is 10.9. The molecule has 0 aliphatic rings. The number of likely N-dealkylation sites (N-methyl/N-ethyl adjacent to an activating group) is 4. The second-order valence-corrected chi connectivity index (χ2v) is 25.8. The molecule has 0 radical (unpaired) electrons. The molecule has 454 valence electrons. The molecule has 0 spiro atoms. The fourth-order valence-corrected chi connectivity index (χ4v) is 10.9. The van der Waals surface area contributed by atoms with E-state index in [1.54, 1.807) is 0 Å². The summed E-state index contributed by atoms with van der Waals surface area (Å²) < 4.78 is 2.19. The number of unbranched alkanes of at least 4 members (excludes halogenated alkanes) is 28. The highest BCUT2D eigenvalue weighted by molar-refractivity contribution is 5.82. The van der Waals surface area contributed by atoms with E-state index in [1.165, 1.54) is 177 Å². The molecule has 0 bridgehead atoms. The molecule has 12 heteroatoms.